The minimum Gasteiger partial charge on any atom is -0.489 e. The number of pyridine rings is 1. The van der Waals surface area contributed by atoms with Crippen molar-refractivity contribution in [2.45, 2.75) is 13.0 Å². The normalized spacial score (nSPS) is 10.7. The van der Waals surface area contributed by atoms with Crippen molar-refractivity contribution in [1.82, 2.24) is 9.88 Å². The van der Waals surface area contributed by atoms with Crippen LogP contribution in [0.2, 0.25) is 0 Å². The summed E-state index contributed by atoms with van der Waals surface area (Å²) in [5.74, 6) is 0.569. The lowest BCUT2D eigenvalue weighted by Crippen LogP contribution is -2.28. The quantitative estimate of drug-likeness (QED) is 0.497. The summed E-state index contributed by atoms with van der Waals surface area (Å²) in [5, 5.41) is 3.69. The second-order valence-electron chi connectivity index (χ2n) is 7.40. The van der Waals surface area contributed by atoms with Gasteiger partial charge in [0.2, 0.25) is 0 Å². The number of rotatable bonds is 7. The number of nitrogens with one attached hydrogen (secondary N) is 1. The molecule has 1 aromatic heterocycles. The van der Waals surface area contributed by atoms with Gasteiger partial charge in [-0.05, 0) is 35.7 Å². The van der Waals surface area contributed by atoms with Gasteiger partial charge in [-0.3, -0.25) is 9.59 Å². The van der Waals surface area contributed by atoms with Gasteiger partial charge < -0.3 is 14.6 Å². The average Bonchev–Trinajstić information content (AvgIpc) is 2.81. The monoisotopic (exact) mass is 412 g/mol. The number of benzene rings is 3. The molecule has 31 heavy (non-hydrogen) atoms. The van der Waals surface area contributed by atoms with E-state index in [4.69, 9.17) is 4.74 Å². The van der Waals surface area contributed by atoms with Crippen molar-refractivity contribution in [3.05, 3.63) is 112 Å². The number of fused-ring (bicyclic) bond motifs is 1. The van der Waals surface area contributed by atoms with E-state index in [0.717, 1.165) is 27.8 Å². The van der Waals surface area contributed by atoms with E-state index in [2.05, 4.69) is 5.32 Å². The van der Waals surface area contributed by atoms with Crippen LogP contribution in [0.25, 0.3) is 10.9 Å². The maximum Gasteiger partial charge on any atom is 0.252 e. The lowest BCUT2D eigenvalue weighted by Gasteiger charge is -2.11. The number of nitrogens with zero attached hydrogens (tertiary/aromatic N) is 1. The van der Waals surface area contributed by atoms with Crippen molar-refractivity contribution in [2.24, 2.45) is 7.05 Å². The lowest BCUT2D eigenvalue weighted by molar-refractivity contribution is 0.0955. The van der Waals surface area contributed by atoms with Gasteiger partial charge in [-0.1, -0.05) is 60.7 Å². The zero-order valence-corrected chi connectivity index (χ0v) is 17.4. The molecular weight excluding hydrogens is 388 g/mol. The molecular formula is C26H24N2O3. The van der Waals surface area contributed by atoms with E-state index in [1.165, 1.54) is 6.07 Å². The molecule has 0 bridgehead atoms. The van der Waals surface area contributed by atoms with Gasteiger partial charge in [0.15, 0.2) is 0 Å². The Labute approximate surface area is 180 Å². The third-order valence-corrected chi connectivity index (χ3v) is 5.27. The Balaban J connectivity index is 1.34. The van der Waals surface area contributed by atoms with Crippen LogP contribution < -0.4 is 15.6 Å². The largest absolute Gasteiger partial charge is 0.489 e. The van der Waals surface area contributed by atoms with E-state index < -0.39 is 0 Å². The number of aryl methyl sites for hydroxylation is 1. The molecule has 0 radical (unpaired) electrons. The van der Waals surface area contributed by atoms with Gasteiger partial charge in [0.25, 0.3) is 11.5 Å². The Morgan fingerprint density at radius 1 is 0.903 bits per heavy atom. The van der Waals surface area contributed by atoms with E-state index in [9.17, 15) is 9.59 Å². The smallest absolute Gasteiger partial charge is 0.252 e. The Morgan fingerprint density at radius 3 is 2.39 bits per heavy atom. The third-order valence-electron chi connectivity index (χ3n) is 5.27. The lowest BCUT2D eigenvalue weighted by atomic mass is 10.1. The van der Waals surface area contributed by atoms with Crippen LogP contribution in [0.5, 0.6) is 5.75 Å². The molecule has 0 fully saturated rings. The minimum absolute atomic E-state index is 0.199. The molecule has 0 atom stereocenters. The molecule has 3 aromatic carbocycles. The minimum atomic E-state index is -0.239. The summed E-state index contributed by atoms with van der Waals surface area (Å²) in [7, 11) is 1.71. The first-order valence-electron chi connectivity index (χ1n) is 10.2. The van der Waals surface area contributed by atoms with E-state index in [1.807, 2.05) is 78.9 Å². The fraction of sp³-hybridized carbons (Fsp3) is 0.154. The summed E-state index contributed by atoms with van der Waals surface area (Å²) in [6.07, 6.45) is 0.688. The molecule has 5 nitrogen and oxygen atoms in total. The SMILES string of the molecule is Cn1c(=O)cc(C(=O)NCCc2ccc(OCc3ccccc3)cc2)c2ccccc21. The highest BCUT2D eigenvalue weighted by molar-refractivity contribution is 6.06. The number of para-hydroxylation sites is 1. The highest BCUT2D eigenvalue weighted by atomic mass is 16.5. The Bertz CT molecular complexity index is 1250. The number of carbonyl (C=O) groups excluding carboxylic acids is 1. The van der Waals surface area contributed by atoms with Gasteiger partial charge in [-0.2, -0.15) is 0 Å². The number of amides is 1. The van der Waals surface area contributed by atoms with Gasteiger partial charge in [-0.25, -0.2) is 0 Å². The van der Waals surface area contributed by atoms with Crippen LogP contribution >= 0.6 is 0 Å². The molecule has 0 aliphatic rings. The topological polar surface area (TPSA) is 60.3 Å². The Morgan fingerprint density at radius 2 is 1.61 bits per heavy atom. The molecule has 1 N–H and O–H groups in total. The number of hydrogen-bond donors (Lipinski definition) is 1. The summed E-state index contributed by atoms with van der Waals surface area (Å²) in [6.45, 7) is 1.01. The van der Waals surface area contributed by atoms with Crippen LogP contribution in [0, 0.1) is 0 Å². The molecule has 0 saturated heterocycles. The average molecular weight is 412 g/mol. The summed E-state index contributed by atoms with van der Waals surface area (Å²) in [4.78, 5) is 24.9. The summed E-state index contributed by atoms with van der Waals surface area (Å²) >= 11 is 0. The fourth-order valence-corrected chi connectivity index (χ4v) is 3.51. The predicted octanol–water partition coefficient (Wildman–Crippen LogP) is 4.09. The molecule has 156 valence electrons. The van der Waals surface area contributed by atoms with Crippen LogP contribution in [0.15, 0.2) is 89.7 Å². The van der Waals surface area contributed by atoms with Crippen LogP contribution in [-0.4, -0.2) is 17.0 Å². The molecule has 0 aliphatic heterocycles. The zero-order chi connectivity index (χ0) is 21.6. The van der Waals surface area contributed by atoms with E-state index >= 15 is 0 Å². The molecule has 5 heteroatoms. The van der Waals surface area contributed by atoms with Gasteiger partial charge >= 0.3 is 0 Å². The van der Waals surface area contributed by atoms with Crippen LogP contribution in [0.4, 0.5) is 0 Å². The molecule has 1 amide bonds. The molecule has 1 heterocycles. The van der Waals surface area contributed by atoms with Gasteiger partial charge in [0, 0.05) is 25.0 Å². The summed E-state index contributed by atoms with van der Waals surface area (Å²) in [5.41, 5.74) is 3.17. The second-order valence-corrected chi connectivity index (χ2v) is 7.40. The van der Waals surface area contributed by atoms with Gasteiger partial charge in [-0.15, -0.1) is 0 Å². The first kappa shape index (κ1) is 20.4. The number of hydrogen-bond acceptors (Lipinski definition) is 3. The van der Waals surface area contributed by atoms with Gasteiger partial charge in [0.05, 0.1) is 11.1 Å². The van der Waals surface area contributed by atoms with Crippen molar-refractivity contribution >= 4 is 16.8 Å². The maximum atomic E-state index is 12.7. The van der Waals surface area contributed by atoms with E-state index in [1.54, 1.807) is 11.6 Å². The second kappa shape index (κ2) is 9.30. The molecule has 4 aromatic rings. The highest BCUT2D eigenvalue weighted by Crippen LogP contribution is 2.17. The molecule has 4 rings (SSSR count). The summed E-state index contributed by atoms with van der Waals surface area (Å²) in [6, 6.07) is 26.7. The molecule has 0 spiro atoms. The van der Waals surface area contributed by atoms with Crippen LogP contribution in [0.3, 0.4) is 0 Å². The number of carbonyl (C=O) groups is 1. The first-order valence-corrected chi connectivity index (χ1v) is 10.2. The summed E-state index contributed by atoms with van der Waals surface area (Å²) < 4.78 is 7.36. The van der Waals surface area contributed by atoms with Crippen molar-refractivity contribution < 1.29 is 9.53 Å². The molecule has 0 unspecified atom stereocenters. The predicted molar refractivity (Wildman–Crippen MR) is 122 cm³/mol. The number of ether oxygens (including phenoxy) is 1. The van der Waals surface area contributed by atoms with Crippen LogP contribution in [0.1, 0.15) is 21.5 Å². The van der Waals surface area contributed by atoms with Crippen molar-refractivity contribution in [1.29, 1.82) is 0 Å². The zero-order valence-electron chi connectivity index (χ0n) is 17.4. The van der Waals surface area contributed by atoms with Crippen LogP contribution in [-0.2, 0) is 20.1 Å². The van der Waals surface area contributed by atoms with Gasteiger partial charge in [0.1, 0.15) is 12.4 Å². The van der Waals surface area contributed by atoms with E-state index in [0.29, 0.717) is 25.1 Å². The van der Waals surface area contributed by atoms with Crippen molar-refractivity contribution in [2.75, 3.05) is 6.54 Å². The van der Waals surface area contributed by atoms with Crippen molar-refractivity contribution in [3.8, 4) is 5.75 Å². The molecule has 0 saturated carbocycles. The first-order chi connectivity index (χ1) is 15.1. The maximum absolute atomic E-state index is 12.7. The van der Waals surface area contributed by atoms with Crippen molar-refractivity contribution in [3.63, 3.8) is 0 Å². The molecule has 0 aliphatic carbocycles. The highest BCUT2D eigenvalue weighted by Gasteiger charge is 2.13. The Kier molecular flexibility index (Phi) is 6.13. The Hall–Kier alpha value is -3.86. The van der Waals surface area contributed by atoms with E-state index in [-0.39, 0.29) is 11.5 Å². The fourth-order valence-electron chi connectivity index (χ4n) is 3.51. The standard InChI is InChI=1S/C26H24N2O3/c1-28-24-10-6-5-9-22(24)23(17-25(28)29)26(30)27-16-15-19-11-13-21(14-12-19)31-18-20-7-3-2-4-8-20/h2-14,17H,15-16,18H2,1H3,(H,27,30). The third kappa shape index (κ3) is 4.83. The number of aromatic nitrogens is 1.